The summed E-state index contributed by atoms with van der Waals surface area (Å²) in [6.45, 7) is 11.1. The summed E-state index contributed by atoms with van der Waals surface area (Å²) in [6, 6.07) is 7.93. The molecule has 0 radical (unpaired) electrons. The molecule has 0 spiro atoms. The molecule has 2 aromatic rings. The second-order valence-electron chi connectivity index (χ2n) is 7.45. The first kappa shape index (κ1) is 21.7. The number of aromatic nitrogens is 1. The Labute approximate surface area is 166 Å². The number of hydrogen-bond acceptors (Lipinski definition) is 5. The van der Waals surface area contributed by atoms with E-state index in [4.69, 9.17) is 0 Å². The van der Waals surface area contributed by atoms with Crippen molar-refractivity contribution in [3.8, 4) is 0 Å². The van der Waals surface area contributed by atoms with Crippen LogP contribution in [0.3, 0.4) is 0 Å². The molecule has 28 heavy (non-hydrogen) atoms. The lowest BCUT2D eigenvalue weighted by Crippen LogP contribution is -2.25. The molecule has 7 nitrogen and oxygen atoms in total. The molecule has 0 unspecified atom stereocenters. The number of carboxylic acid groups (broad SMARTS) is 1. The molecule has 2 rings (SSSR count). The third kappa shape index (κ3) is 4.81. The Balaban J connectivity index is 2.36. The molecule has 0 bridgehead atoms. The number of hydrogen-bond donors (Lipinski definition) is 2. The van der Waals surface area contributed by atoms with Crippen molar-refractivity contribution in [2.45, 2.75) is 44.9 Å². The fraction of sp³-hybridized carbons (Fsp3) is 0.400. The Kier molecular flexibility index (Phi) is 6.34. The zero-order chi connectivity index (χ0) is 21.1. The van der Waals surface area contributed by atoms with Gasteiger partial charge in [0.25, 0.3) is 10.0 Å². The molecule has 0 aliphatic rings. The third-order valence-electron chi connectivity index (χ3n) is 4.44. The predicted octanol–water partition coefficient (Wildman–Crippen LogP) is 3.72. The molecule has 0 atom stereocenters. The highest BCUT2D eigenvalue weighted by molar-refractivity contribution is 7.92. The summed E-state index contributed by atoms with van der Waals surface area (Å²) in [4.78, 5) is 17.7. The Hall–Kier alpha value is -2.61. The molecular weight excluding hydrogens is 378 g/mol. The van der Waals surface area contributed by atoms with Crippen molar-refractivity contribution in [1.82, 2.24) is 4.98 Å². The molecule has 1 heterocycles. The zero-order valence-electron chi connectivity index (χ0n) is 16.9. The summed E-state index contributed by atoms with van der Waals surface area (Å²) in [5.41, 5.74) is 0.987. The molecule has 0 aliphatic carbocycles. The van der Waals surface area contributed by atoms with E-state index in [-0.39, 0.29) is 21.6 Å². The fourth-order valence-corrected chi connectivity index (χ4v) is 3.83. The molecule has 0 fully saturated rings. The highest BCUT2D eigenvalue weighted by atomic mass is 32.2. The molecule has 2 N–H and O–H groups in total. The highest BCUT2D eigenvalue weighted by Gasteiger charge is 2.21. The van der Waals surface area contributed by atoms with Gasteiger partial charge in [0, 0.05) is 13.1 Å². The first-order chi connectivity index (χ1) is 13.0. The maximum Gasteiger partial charge on any atom is 0.339 e. The quantitative estimate of drug-likeness (QED) is 0.728. The van der Waals surface area contributed by atoms with Crippen molar-refractivity contribution in [2.75, 3.05) is 22.7 Å². The maximum atomic E-state index is 12.7. The van der Waals surface area contributed by atoms with Gasteiger partial charge in [-0.25, -0.2) is 18.2 Å². The first-order valence-electron chi connectivity index (χ1n) is 9.11. The average molecular weight is 406 g/mol. The monoisotopic (exact) mass is 405 g/mol. The van der Waals surface area contributed by atoms with Crippen LogP contribution in [0.5, 0.6) is 0 Å². The number of nitrogens with one attached hydrogen (secondary N) is 1. The Bertz CT molecular complexity index is 944. The Morgan fingerprint density at radius 3 is 2.18 bits per heavy atom. The smallest absolute Gasteiger partial charge is 0.339 e. The number of carboxylic acids is 1. The summed E-state index contributed by atoms with van der Waals surface area (Å²) in [5.74, 6) is -0.847. The topological polar surface area (TPSA) is 99.6 Å². The molecule has 0 amide bonds. The van der Waals surface area contributed by atoms with Gasteiger partial charge in [-0.3, -0.25) is 4.72 Å². The van der Waals surface area contributed by atoms with Crippen LogP contribution in [-0.2, 0) is 15.4 Å². The van der Waals surface area contributed by atoms with E-state index >= 15 is 0 Å². The number of sulfonamides is 1. The molecular formula is C20H27N3O4S. The van der Waals surface area contributed by atoms with E-state index in [2.05, 4.69) is 9.71 Å². The molecule has 0 aliphatic heterocycles. The van der Waals surface area contributed by atoms with E-state index < -0.39 is 16.0 Å². The van der Waals surface area contributed by atoms with Gasteiger partial charge in [0.05, 0.1) is 16.8 Å². The molecule has 8 heteroatoms. The van der Waals surface area contributed by atoms with Gasteiger partial charge in [-0.05, 0) is 43.0 Å². The Morgan fingerprint density at radius 1 is 1.14 bits per heavy atom. The number of aromatic carboxylic acids is 1. The van der Waals surface area contributed by atoms with Crippen molar-refractivity contribution in [3.63, 3.8) is 0 Å². The zero-order valence-corrected chi connectivity index (χ0v) is 17.7. The van der Waals surface area contributed by atoms with Crippen LogP contribution >= 0.6 is 0 Å². The third-order valence-corrected chi connectivity index (χ3v) is 5.84. The number of nitrogens with zero attached hydrogens (tertiary/aromatic N) is 2. The Morgan fingerprint density at radius 2 is 1.71 bits per heavy atom. The summed E-state index contributed by atoms with van der Waals surface area (Å²) in [6.07, 6.45) is 1.33. The highest BCUT2D eigenvalue weighted by Crippen LogP contribution is 2.26. The summed E-state index contributed by atoms with van der Waals surface area (Å²) in [5, 5.41) is 9.51. The lowest BCUT2D eigenvalue weighted by Gasteiger charge is -2.22. The summed E-state index contributed by atoms with van der Waals surface area (Å²) in [7, 11) is -3.86. The second-order valence-corrected chi connectivity index (χ2v) is 9.13. The van der Waals surface area contributed by atoms with Gasteiger partial charge in [-0.1, -0.05) is 32.9 Å². The number of rotatable bonds is 7. The molecule has 1 aromatic heterocycles. The molecule has 0 saturated carbocycles. The number of anilines is 2. The van der Waals surface area contributed by atoms with Crippen molar-refractivity contribution in [1.29, 1.82) is 0 Å². The van der Waals surface area contributed by atoms with E-state index in [0.29, 0.717) is 18.9 Å². The van der Waals surface area contributed by atoms with Crippen LogP contribution < -0.4 is 9.62 Å². The number of carbonyl (C=O) groups is 1. The van der Waals surface area contributed by atoms with Crippen molar-refractivity contribution in [3.05, 3.63) is 47.7 Å². The van der Waals surface area contributed by atoms with Gasteiger partial charge in [-0.15, -0.1) is 0 Å². The van der Waals surface area contributed by atoms with Crippen molar-refractivity contribution >= 4 is 27.5 Å². The minimum atomic E-state index is -3.86. The normalized spacial score (nSPS) is 11.9. The van der Waals surface area contributed by atoms with Crippen molar-refractivity contribution < 1.29 is 18.3 Å². The molecule has 1 aromatic carbocycles. The van der Waals surface area contributed by atoms with Crippen LogP contribution in [0, 0.1) is 0 Å². The SMILES string of the molecule is CCN(CC)c1ncc(NS(=O)(=O)c2ccc(C(C)(C)C)cc2)cc1C(=O)O. The molecule has 152 valence electrons. The number of benzene rings is 1. The van der Waals surface area contributed by atoms with E-state index in [1.54, 1.807) is 29.2 Å². The molecule has 0 saturated heterocycles. The van der Waals surface area contributed by atoms with Gasteiger partial charge in [0.1, 0.15) is 11.4 Å². The van der Waals surface area contributed by atoms with Crippen LogP contribution in [0.4, 0.5) is 11.5 Å². The summed E-state index contributed by atoms with van der Waals surface area (Å²) < 4.78 is 27.8. The van der Waals surface area contributed by atoms with Gasteiger partial charge in [-0.2, -0.15) is 0 Å². The van der Waals surface area contributed by atoms with Gasteiger partial charge in [0.15, 0.2) is 0 Å². The van der Waals surface area contributed by atoms with Gasteiger partial charge in [0.2, 0.25) is 0 Å². The van der Waals surface area contributed by atoms with Crippen LogP contribution in [0.2, 0.25) is 0 Å². The van der Waals surface area contributed by atoms with Crippen LogP contribution in [-0.4, -0.2) is 37.6 Å². The van der Waals surface area contributed by atoms with Crippen molar-refractivity contribution in [2.24, 2.45) is 0 Å². The van der Waals surface area contributed by atoms with Crippen LogP contribution in [0.15, 0.2) is 41.4 Å². The summed E-state index contributed by atoms with van der Waals surface area (Å²) >= 11 is 0. The standard InChI is InChI=1S/C20H27N3O4S/c1-6-23(7-2)18-17(19(24)25)12-15(13-21-18)22-28(26,27)16-10-8-14(9-11-16)20(3,4)5/h8-13,22H,6-7H2,1-5H3,(H,24,25). The lowest BCUT2D eigenvalue weighted by molar-refractivity contribution is 0.0697. The van der Waals surface area contributed by atoms with Gasteiger partial charge < -0.3 is 10.0 Å². The largest absolute Gasteiger partial charge is 0.478 e. The van der Waals surface area contributed by atoms with E-state index in [0.717, 1.165) is 5.56 Å². The van der Waals surface area contributed by atoms with Crippen LogP contribution in [0.1, 0.15) is 50.5 Å². The maximum absolute atomic E-state index is 12.7. The minimum absolute atomic E-state index is 0.0491. The van der Waals surface area contributed by atoms with E-state index in [1.807, 2.05) is 34.6 Å². The van der Waals surface area contributed by atoms with Crippen LogP contribution in [0.25, 0.3) is 0 Å². The van der Waals surface area contributed by atoms with E-state index in [9.17, 15) is 18.3 Å². The second kappa shape index (κ2) is 8.18. The number of pyridine rings is 1. The van der Waals surface area contributed by atoms with Gasteiger partial charge >= 0.3 is 5.97 Å². The fourth-order valence-electron chi connectivity index (χ4n) is 2.79. The van der Waals surface area contributed by atoms with E-state index in [1.165, 1.54) is 12.3 Å². The first-order valence-corrected chi connectivity index (χ1v) is 10.6. The predicted molar refractivity (Wildman–Crippen MR) is 111 cm³/mol. The lowest BCUT2D eigenvalue weighted by atomic mass is 9.87. The average Bonchev–Trinajstić information content (AvgIpc) is 2.62. The minimum Gasteiger partial charge on any atom is -0.478 e.